The van der Waals surface area contributed by atoms with Crippen LogP contribution in [0.2, 0.25) is 0 Å². The number of hydrogen-bond donors (Lipinski definition) is 1. The van der Waals surface area contributed by atoms with Crippen LogP contribution in [0.4, 0.5) is 0 Å². The number of aromatic nitrogens is 2. The van der Waals surface area contributed by atoms with Crippen molar-refractivity contribution < 1.29 is 4.79 Å². The van der Waals surface area contributed by atoms with Gasteiger partial charge in [-0.25, -0.2) is 0 Å². The van der Waals surface area contributed by atoms with Crippen LogP contribution in [0.1, 0.15) is 55.5 Å². The molecule has 4 rings (SSSR count). The molecule has 1 aliphatic heterocycles. The maximum atomic E-state index is 13.1. The number of likely N-dealkylation sites (tertiary alicyclic amines) is 1. The van der Waals surface area contributed by atoms with Gasteiger partial charge in [-0.3, -0.25) is 14.4 Å². The monoisotopic (exact) mass is 366 g/mol. The number of fused-ring (bicyclic) bond motifs is 1. The number of benzene rings is 1. The Morgan fingerprint density at radius 1 is 1.26 bits per heavy atom. The van der Waals surface area contributed by atoms with E-state index >= 15 is 0 Å². The molecular formula is C22H30N4O. The highest BCUT2D eigenvalue weighted by Crippen LogP contribution is 2.34. The molecule has 5 nitrogen and oxygen atoms in total. The van der Waals surface area contributed by atoms with Gasteiger partial charge in [0.15, 0.2) is 0 Å². The van der Waals surface area contributed by atoms with Crippen LogP contribution >= 0.6 is 0 Å². The normalized spacial score (nSPS) is 22.2. The predicted octanol–water partition coefficient (Wildman–Crippen LogP) is 3.22. The van der Waals surface area contributed by atoms with Crippen LogP contribution < -0.4 is 5.32 Å². The molecular weight excluding hydrogens is 336 g/mol. The second kappa shape index (κ2) is 7.47. The first-order chi connectivity index (χ1) is 13.0. The minimum absolute atomic E-state index is 0.120. The molecule has 0 radical (unpaired) electrons. The minimum Gasteiger partial charge on any atom is -0.349 e. The van der Waals surface area contributed by atoms with E-state index in [1.165, 1.54) is 11.1 Å². The summed E-state index contributed by atoms with van der Waals surface area (Å²) in [5.41, 5.74) is 3.43. The van der Waals surface area contributed by atoms with Gasteiger partial charge in [-0.1, -0.05) is 37.3 Å². The summed E-state index contributed by atoms with van der Waals surface area (Å²) in [5.74, 6) is 0.212. The molecule has 1 aliphatic carbocycles. The second-order valence-corrected chi connectivity index (χ2v) is 8.45. The second-order valence-electron chi connectivity index (χ2n) is 8.45. The summed E-state index contributed by atoms with van der Waals surface area (Å²) in [6, 6.07) is 10.7. The van der Waals surface area contributed by atoms with E-state index in [9.17, 15) is 4.79 Å². The summed E-state index contributed by atoms with van der Waals surface area (Å²) in [6.07, 6.45) is 7.03. The third-order valence-corrected chi connectivity index (χ3v) is 6.28. The Bertz CT molecular complexity index is 790. The van der Waals surface area contributed by atoms with Crippen LogP contribution in [0.3, 0.4) is 0 Å². The number of nitrogens with one attached hydrogen (secondary N) is 1. The van der Waals surface area contributed by atoms with E-state index in [-0.39, 0.29) is 17.4 Å². The van der Waals surface area contributed by atoms with E-state index in [4.69, 9.17) is 0 Å². The van der Waals surface area contributed by atoms with Crippen molar-refractivity contribution in [3.8, 4) is 0 Å². The predicted molar refractivity (Wildman–Crippen MR) is 106 cm³/mol. The van der Waals surface area contributed by atoms with Gasteiger partial charge in [0.25, 0.3) is 0 Å². The maximum absolute atomic E-state index is 13.1. The number of carbonyl (C=O) groups excluding carboxylic acids is 1. The van der Waals surface area contributed by atoms with Gasteiger partial charge in [0.05, 0.1) is 11.7 Å². The largest absolute Gasteiger partial charge is 0.349 e. The molecule has 1 unspecified atom stereocenters. The van der Waals surface area contributed by atoms with E-state index in [1.807, 2.05) is 11.7 Å². The zero-order chi connectivity index (χ0) is 18.9. The molecule has 1 saturated heterocycles. The van der Waals surface area contributed by atoms with Gasteiger partial charge in [0.1, 0.15) is 0 Å². The molecule has 1 aromatic carbocycles. The number of aryl methyl sites for hydroxylation is 2. The fraction of sp³-hybridized carbons (Fsp3) is 0.545. The lowest BCUT2D eigenvalue weighted by atomic mass is 9.78. The van der Waals surface area contributed by atoms with Crippen molar-refractivity contribution in [1.82, 2.24) is 20.0 Å². The van der Waals surface area contributed by atoms with E-state index in [0.29, 0.717) is 0 Å². The molecule has 1 atom stereocenters. The Labute approximate surface area is 161 Å². The average Bonchev–Trinajstić information content (AvgIpc) is 3.06. The molecule has 2 heterocycles. The number of amides is 1. The van der Waals surface area contributed by atoms with Gasteiger partial charge in [0.2, 0.25) is 5.91 Å². The molecule has 1 amide bonds. The average molecular weight is 367 g/mol. The molecule has 2 aromatic rings. The summed E-state index contributed by atoms with van der Waals surface area (Å²) < 4.78 is 1.87. The third kappa shape index (κ3) is 3.93. The topological polar surface area (TPSA) is 50.2 Å². The molecule has 144 valence electrons. The van der Waals surface area contributed by atoms with Gasteiger partial charge in [-0.15, -0.1) is 0 Å². The molecule has 0 spiro atoms. The number of piperidine rings is 1. The summed E-state index contributed by atoms with van der Waals surface area (Å²) in [6.45, 7) is 5.05. The lowest BCUT2D eigenvalue weighted by molar-refractivity contribution is -0.133. The van der Waals surface area contributed by atoms with Crippen molar-refractivity contribution in [3.63, 3.8) is 0 Å². The van der Waals surface area contributed by atoms with Crippen molar-refractivity contribution in [2.75, 3.05) is 13.1 Å². The van der Waals surface area contributed by atoms with Crippen LogP contribution in [0.5, 0.6) is 0 Å². The van der Waals surface area contributed by atoms with Crippen LogP contribution in [0, 0.1) is 5.41 Å². The van der Waals surface area contributed by atoms with Crippen LogP contribution in [0.25, 0.3) is 0 Å². The standard InChI is InChI=1S/C22H30N4O/c1-22(11-13-26(14-12-22)15-17-7-4-3-5-8-17)21(27)23-19-9-6-10-20-18(19)16-25(2)24-20/h3-5,7-8,16,19H,6,9-15H2,1-2H3,(H,23,27). The van der Waals surface area contributed by atoms with E-state index in [1.54, 1.807) is 0 Å². The van der Waals surface area contributed by atoms with Gasteiger partial charge < -0.3 is 5.32 Å². The van der Waals surface area contributed by atoms with Gasteiger partial charge >= 0.3 is 0 Å². The van der Waals surface area contributed by atoms with Gasteiger partial charge in [0, 0.05) is 30.8 Å². The lowest BCUT2D eigenvalue weighted by Gasteiger charge is -2.39. The van der Waals surface area contributed by atoms with E-state index < -0.39 is 0 Å². The van der Waals surface area contributed by atoms with Crippen LogP contribution in [-0.2, 0) is 24.8 Å². The number of carbonyl (C=O) groups is 1. The van der Waals surface area contributed by atoms with Crippen molar-refractivity contribution in [3.05, 3.63) is 53.3 Å². The molecule has 27 heavy (non-hydrogen) atoms. The molecule has 0 bridgehead atoms. The summed E-state index contributed by atoms with van der Waals surface area (Å²) >= 11 is 0. The van der Waals surface area contributed by atoms with Crippen molar-refractivity contribution in [2.24, 2.45) is 12.5 Å². The lowest BCUT2D eigenvalue weighted by Crippen LogP contribution is -2.48. The van der Waals surface area contributed by atoms with Crippen molar-refractivity contribution >= 4 is 5.91 Å². The molecule has 5 heteroatoms. The summed E-state index contributed by atoms with van der Waals surface area (Å²) in [5, 5.41) is 7.90. The Hall–Kier alpha value is -2.14. The summed E-state index contributed by atoms with van der Waals surface area (Å²) in [4.78, 5) is 15.6. The van der Waals surface area contributed by atoms with E-state index in [0.717, 1.165) is 57.4 Å². The Balaban J connectivity index is 1.36. The van der Waals surface area contributed by atoms with E-state index in [2.05, 4.69) is 58.8 Å². The molecule has 1 aromatic heterocycles. The summed E-state index contributed by atoms with van der Waals surface area (Å²) in [7, 11) is 1.96. The molecule has 2 aliphatic rings. The Morgan fingerprint density at radius 2 is 2.00 bits per heavy atom. The van der Waals surface area contributed by atoms with Crippen LogP contribution in [-0.4, -0.2) is 33.7 Å². The van der Waals surface area contributed by atoms with Gasteiger partial charge in [-0.05, 0) is 50.8 Å². The quantitative estimate of drug-likeness (QED) is 0.904. The highest BCUT2D eigenvalue weighted by Gasteiger charge is 2.38. The molecule has 1 fully saturated rings. The minimum atomic E-state index is -0.271. The fourth-order valence-corrected chi connectivity index (χ4v) is 4.42. The first kappa shape index (κ1) is 18.2. The zero-order valence-corrected chi connectivity index (χ0v) is 16.4. The first-order valence-corrected chi connectivity index (χ1v) is 10.1. The third-order valence-electron chi connectivity index (χ3n) is 6.28. The highest BCUT2D eigenvalue weighted by atomic mass is 16.2. The fourth-order valence-electron chi connectivity index (χ4n) is 4.42. The molecule has 1 N–H and O–H groups in total. The van der Waals surface area contributed by atoms with Crippen molar-refractivity contribution in [1.29, 1.82) is 0 Å². The SMILES string of the molecule is Cn1cc2c(n1)CCCC2NC(=O)C1(C)CCN(Cc2ccccc2)CC1. The maximum Gasteiger partial charge on any atom is 0.226 e. The highest BCUT2D eigenvalue weighted by molar-refractivity contribution is 5.82. The number of rotatable bonds is 4. The smallest absolute Gasteiger partial charge is 0.226 e. The first-order valence-electron chi connectivity index (χ1n) is 10.1. The Kier molecular flexibility index (Phi) is 5.04. The zero-order valence-electron chi connectivity index (χ0n) is 16.4. The number of hydrogen-bond acceptors (Lipinski definition) is 3. The molecule has 0 saturated carbocycles. The Morgan fingerprint density at radius 3 is 2.74 bits per heavy atom. The van der Waals surface area contributed by atoms with Crippen LogP contribution in [0.15, 0.2) is 36.5 Å². The van der Waals surface area contributed by atoms with Gasteiger partial charge in [-0.2, -0.15) is 5.10 Å². The number of nitrogens with zero attached hydrogens (tertiary/aromatic N) is 3. The van der Waals surface area contributed by atoms with Crippen molar-refractivity contribution in [2.45, 2.75) is 51.6 Å².